The summed E-state index contributed by atoms with van der Waals surface area (Å²) < 4.78 is 13.7. The van der Waals surface area contributed by atoms with E-state index < -0.39 is 0 Å². The van der Waals surface area contributed by atoms with Crippen LogP contribution in [0, 0.1) is 0 Å². The van der Waals surface area contributed by atoms with Crippen molar-refractivity contribution < 1.29 is 19.1 Å². The highest BCUT2D eigenvalue weighted by Gasteiger charge is 2.32. The fourth-order valence-electron chi connectivity index (χ4n) is 3.62. The number of hydrogen-bond acceptors (Lipinski definition) is 6. The lowest BCUT2D eigenvalue weighted by Gasteiger charge is -2.33. The van der Waals surface area contributed by atoms with Crippen molar-refractivity contribution in [2.75, 3.05) is 40.0 Å². The fourth-order valence-corrected chi connectivity index (χ4v) is 4.79. The van der Waals surface area contributed by atoms with Crippen molar-refractivity contribution in [1.82, 2.24) is 20.0 Å². The first-order valence-corrected chi connectivity index (χ1v) is 10.6. The topological polar surface area (TPSA) is 85.7 Å². The predicted octanol–water partition coefficient (Wildman–Crippen LogP) is 2.22. The van der Waals surface area contributed by atoms with Gasteiger partial charge in [-0.2, -0.15) is 5.10 Å². The highest BCUT2D eigenvalue weighted by molar-refractivity contribution is 7.21. The van der Waals surface area contributed by atoms with Crippen LogP contribution < -0.4 is 5.32 Å². The zero-order chi connectivity index (χ0) is 21.1. The highest BCUT2D eigenvalue weighted by Crippen LogP contribution is 2.38. The van der Waals surface area contributed by atoms with Gasteiger partial charge in [-0.05, 0) is 11.5 Å². The summed E-state index contributed by atoms with van der Waals surface area (Å²) in [7, 11) is 3.38. The van der Waals surface area contributed by atoms with Gasteiger partial charge >= 0.3 is 0 Å². The standard InChI is InChI=1S/C21H24N4O4S/c1-24-12-14(11-23-24)21(27)25-8-10-29-16(13-25)18-15-5-3-4-6-17(15)30-19(18)20(26)22-7-9-28-2/h3-6,11-12,16H,7-10,13H2,1-2H3,(H,22,26)/t16-/m1/s1. The van der Waals surface area contributed by atoms with Crippen LogP contribution in [0.15, 0.2) is 36.7 Å². The van der Waals surface area contributed by atoms with E-state index in [0.717, 1.165) is 15.6 Å². The average molecular weight is 429 g/mol. The Labute approximate surface area is 178 Å². The Bertz CT molecular complexity index is 1060. The minimum atomic E-state index is -0.376. The van der Waals surface area contributed by atoms with Crippen LogP contribution in [0.3, 0.4) is 0 Å². The molecule has 0 radical (unpaired) electrons. The molecule has 0 bridgehead atoms. The number of carbonyl (C=O) groups is 2. The summed E-state index contributed by atoms with van der Waals surface area (Å²) >= 11 is 1.44. The lowest BCUT2D eigenvalue weighted by atomic mass is 10.0. The Balaban J connectivity index is 1.63. The number of carbonyl (C=O) groups excluding carboxylic acids is 2. The average Bonchev–Trinajstić information content (AvgIpc) is 3.37. The third-order valence-electron chi connectivity index (χ3n) is 5.06. The van der Waals surface area contributed by atoms with E-state index in [1.54, 1.807) is 36.1 Å². The molecule has 3 heterocycles. The SMILES string of the molecule is COCCNC(=O)c1sc2ccccc2c1[C@H]1CN(C(=O)c2cnn(C)c2)CCO1. The number of hydrogen-bond donors (Lipinski definition) is 1. The maximum Gasteiger partial charge on any atom is 0.261 e. The van der Waals surface area contributed by atoms with Crippen molar-refractivity contribution in [3.8, 4) is 0 Å². The molecule has 30 heavy (non-hydrogen) atoms. The Morgan fingerprint density at radius 3 is 2.97 bits per heavy atom. The Morgan fingerprint density at radius 2 is 2.20 bits per heavy atom. The van der Waals surface area contributed by atoms with E-state index in [4.69, 9.17) is 9.47 Å². The molecule has 3 aromatic rings. The molecule has 1 saturated heterocycles. The normalized spacial score (nSPS) is 16.7. The van der Waals surface area contributed by atoms with Crippen molar-refractivity contribution in [1.29, 1.82) is 0 Å². The summed E-state index contributed by atoms with van der Waals surface area (Å²) in [5, 5.41) is 7.98. The minimum absolute atomic E-state index is 0.0815. The van der Waals surface area contributed by atoms with Crippen molar-refractivity contribution in [2.24, 2.45) is 7.05 Å². The minimum Gasteiger partial charge on any atom is -0.383 e. The van der Waals surface area contributed by atoms with E-state index in [1.807, 2.05) is 24.3 Å². The largest absolute Gasteiger partial charge is 0.383 e. The van der Waals surface area contributed by atoms with Gasteiger partial charge in [-0.3, -0.25) is 14.3 Å². The number of ether oxygens (including phenoxy) is 2. The van der Waals surface area contributed by atoms with Gasteiger partial charge in [-0.1, -0.05) is 18.2 Å². The van der Waals surface area contributed by atoms with Crippen molar-refractivity contribution in [3.05, 3.63) is 52.7 Å². The van der Waals surface area contributed by atoms with Gasteiger partial charge < -0.3 is 19.7 Å². The van der Waals surface area contributed by atoms with Gasteiger partial charge in [0.05, 0.1) is 36.4 Å². The summed E-state index contributed by atoms with van der Waals surface area (Å²) in [6.07, 6.45) is 2.90. The van der Waals surface area contributed by atoms with E-state index in [0.29, 0.717) is 43.3 Å². The Hall–Kier alpha value is -2.75. The molecule has 1 aliphatic rings. The second-order valence-electron chi connectivity index (χ2n) is 7.10. The van der Waals surface area contributed by atoms with Gasteiger partial charge in [0.25, 0.3) is 11.8 Å². The van der Waals surface area contributed by atoms with Crippen molar-refractivity contribution in [3.63, 3.8) is 0 Å². The molecule has 1 aliphatic heterocycles. The Morgan fingerprint density at radius 1 is 1.37 bits per heavy atom. The molecule has 0 saturated carbocycles. The first kappa shape index (κ1) is 20.5. The zero-order valence-electron chi connectivity index (χ0n) is 17.0. The quantitative estimate of drug-likeness (QED) is 0.609. The number of fused-ring (bicyclic) bond motifs is 1. The first-order valence-electron chi connectivity index (χ1n) is 9.76. The van der Waals surface area contributed by atoms with Crippen LogP contribution in [-0.2, 0) is 16.5 Å². The maximum atomic E-state index is 12.9. The van der Waals surface area contributed by atoms with Crippen molar-refractivity contribution in [2.45, 2.75) is 6.10 Å². The number of thiophene rings is 1. The predicted molar refractivity (Wildman–Crippen MR) is 114 cm³/mol. The molecular formula is C21H24N4O4S. The summed E-state index contributed by atoms with van der Waals surface area (Å²) in [5.41, 5.74) is 1.39. The summed E-state index contributed by atoms with van der Waals surface area (Å²) in [6, 6.07) is 7.90. The third kappa shape index (κ3) is 4.09. The molecule has 8 nitrogen and oxygen atoms in total. The van der Waals surface area contributed by atoms with E-state index in [2.05, 4.69) is 10.4 Å². The smallest absolute Gasteiger partial charge is 0.261 e. The van der Waals surface area contributed by atoms with Crippen molar-refractivity contribution >= 4 is 33.2 Å². The molecule has 0 spiro atoms. The number of morpholine rings is 1. The number of aromatic nitrogens is 2. The van der Waals surface area contributed by atoms with Crippen LogP contribution in [0.1, 0.15) is 31.7 Å². The molecule has 158 valence electrons. The number of methoxy groups -OCH3 is 1. The van der Waals surface area contributed by atoms with Gasteiger partial charge in [0, 0.05) is 43.7 Å². The van der Waals surface area contributed by atoms with Crippen LogP contribution in [0.2, 0.25) is 0 Å². The molecule has 9 heteroatoms. The van der Waals surface area contributed by atoms with E-state index in [9.17, 15) is 9.59 Å². The van der Waals surface area contributed by atoms with Crippen LogP contribution in [-0.4, -0.2) is 66.5 Å². The fraction of sp³-hybridized carbons (Fsp3) is 0.381. The molecule has 0 unspecified atom stereocenters. The molecule has 1 N–H and O–H groups in total. The van der Waals surface area contributed by atoms with Gasteiger partial charge in [-0.25, -0.2) is 0 Å². The van der Waals surface area contributed by atoms with Crippen LogP contribution in [0.25, 0.3) is 10.1 Å². The van der Waals surface area contributed by atoms with Crippen LogP contribution >= 0.6 is 11.3 Å². The second-order valence-corrected chi connectivity index (χ2v) is 8.16. The second kappa shape index (κ2) is 8.95. The van der Waals surface area contributed by atoms with Gasteiger partial charge in [0.2, 0.25) is 0 Å². The summed E-state index contributed by atoms with van der Waals surface area (Å²) in [6.45, 7) is 2.17. The summed E-state index contributed by atoms with van der Waals surface area (Å²) in [5.74, 6) is -0.232. The number of rotatable bonds is 6. The van der Waals surface area contributed by atoms with E-state index in [1.165, 1.54) is 11.3 Å². The van der Waals surface area contributed by atoms with E-state index >= 15 is 0 Å². The zero-order valence-corrected chi connectivity index (χ0v) is 17.8. The monoisotopic (exact) mass is 428 g/mol. The van der Waals surface area contributed by atoms with Gasteiger partial charge in [0.15, 0.2) is 0 Å². The number of nitrogens with zero attached hydrogens (tertiary/aromatic N) is 3. The van der Waals surface area contributed by atoms with Crippen LogP contribution in [0.4, 0.5) is 0 Å². The molecular weight excluding hydrogens is 404 g/mol. The number of benzene rings is 1. The molecule has 2 aromatic heterocycles. The molecule has 4 rings (SSSR count). The van der Waals surface area contributed by atoms with Gasteiger partial charge in [-0.15, -0.1) is 11.3 Å². The van der Waals surface area contributed by atoms with Crippen LogP contribution in [0.5, 0.6) is 0 Å². The number of amides is 2. The third-order valence-corrected chi connectivity index (χ3v) is 6.24. The van der Waals surface area contributed by atoms with Gasteiger partial charge in [0.1, 0.15) is 6.10 Å². The Kier molecular flexibility index (Phi) is 6.12. The molecule has 1 fully saturated rings. The summed E-state index contributed by atoms with van der Waals surface area (Å²) in [4.78, 5) is 28.2. The molecule has 1 aromatic carbocycles. The molecule has 2 amide bonds. The number of nitrogens with one attached hydrogen (secondary N) is 1. The highest BCUT2D eigenvalue weighted by atomic mass is 32.1. The van der Waals surface area contributed by atoms with E-state index in [-0.39, 0.29) is 17.9 Å². The number of aryl methyl sites for hydroxylation is 1. The molecule has 0 aliphatic carbocycles. The lowest BCUT2D eigenvalue weighted by molar-refractivity contribution is -0.0222. The maximum absolute atomic E-state index is 12.9. The first-order chi connectivity index (χ1) is 14.6. The molecule has 1 atom stereocenters. The lowest BCUT2D eigenvalue weighted by Crippen LogP contribution is -2.42.